The highest BCUT2D eigenvalue weighted by atomic mass is 32.1. The fraction of sp³-hybridized carbons (Fsp3) is 0.286. The summed E-state index contributed by atoms with van der Waals surface area (Å²) < 4.78 is 1.98. The summed E-state index contributed by atoms with van der Waals surface area (Å²) in [4.78, 5) is 30.3. The summed E-state index contributed by atoms with van der Waals surface area (Å²) in [6.45, 7) is 0.981. The molecule has 0 radical (unpaired) electrons. The molecule has 1 aliphatic heterocycles. The van der Waals surface area contributed by atoms with Crippen LogP contribution in [0.3, 0.4) is 0 Å². The van der Waals surface area contributed by atoms with Crippen molar-refractivity contribution in [3.05, 3.63) is 76.0 Å². The molecular formula is C21H22N4O2S. The van der Waals surface area contributed by atoms with Gasteiger partial charge in [0.25, 0.3) is 5.91 Å². The molecule has 0 aliphatic carbocycles. The van der Waals surface area contributed by atoms with E-state index in [2.05, 4.69) is 15.6 Å². The second-order valence-electron chi connectivity index (χ2n) is 6.85. The molecule has 6 nitrogen and oxygen atoms in total. The van der Waals surface area contributed by atoms with Crippen LogP contribution in [0.1, 0.15) is 39.2 Å². The Morgan fingerprint density at radius 3 is 2.79 bits per heavy atom. The van der Waals surface area contributed by atoms with Crippen molar-refractivity contribution in [2.75, 3.05) is 6.54 Å². The van der Waals surface area contributed by atoms with Crippen LogP contribution in [-0.2, 0) is 24.2 Å². The average molecular weight is 395 g/mol. The molecule has 1 aromatic carbocycles. The minimum atomic E-state index is -0.139. The number of nitrogens with one attached hydrogen (secondary N) is 2. The molecule has 2 N–H and O–H groups in total. The number of hydrogen-bond donors (Lipinski definition) is 2. The molecule has 2 amide bonds. The van der Waals surface area contributed by atoms with E-state index in [1.807, 2.05) is 52.4 Å². The van der Waals surface area contributed by atoms with Crippen molar-refractivity contribution < 1.29 is 9.59 Å². The molecule has 0 spiro atoms. The van der Waals surface area contributed by atoms with Crippen molar-refractivity contribution in [2.45, 2.75) is 31.8 Å². The third-order valence-electron chi connectivity index (χ3n) is 4.92. The highest BCUT2D eigenvalue weighted by Gasteiger charge is 2.28. The quantitative estimate of drug-likeness (QED) is 0.647. The lowest BCUT2D eigenvalue weighted by molar-refractivity contribution is -0.120. The van der Waals surface area contributed by atoms with E-state index in [4.69, 9.17) is 0 Å². The van der Waals surface area contributed by atoms with Gasteiger partial charge in [0.05, 0.1) is 18.7 Å². The minimum absolute atomic E-state index is 0.00564. The van der Waals surface area contributed by atoms with E-state index in [1.54, 1.807) is 17.5 Å². The Morgan fingerprint density at radius 1 is 1.14 bits per heavy atom. The van der Waals surface area contributed by atoms with Gasteiger partial charge in [0.15, 0.2) is 0 Å². The normalized spacial score (nSPS) is 15.2. The lowest BCUT2D eigenvalue weighted by Crippen LogP contribution is -2.32. The van der Waals surface area contributed by atoms with Crippen molar-refractivity contribution in [1.29, 1.82) is 0 Å². The van der Waals surface area contributed by atoms with Crippen LogP contribution in [0.5, 0.6) is 0 Å². The first-order valence-corrected chi connectivity index (χ1v) is 10.3. The Kier molecular flexibility index (Phi) is 5.53. The number of carbonyl (C=O) groups excluding carboxylic acids is 2. The first kappa shape index (κ1) is 18.4. The van der Waals surface area contributed by atoms with Crippen LogP contribution >= 0.6 is 11.3 Å². The third-order valence-corrected chi connectivity index (χ3v) is 5.79. The average Bonchev–Trinajstić information content (AvgIpc) is 3.44. The summed E-state index contributed by atoms with van der Waals surface area (Å²) >= 11 is 1.58. The van der Waals surface area contributed by atoms with E-state index in [1.165, 1.54) is 0 Å². The number of thiophene rings is 1. The van der Waals surface area contributed by atoms with Gasteiger partial charge in [-0.3, -0.25) is 9.59 Å². The first-order valence-electron chi connectivity index (χ1n) is 9.38. The number of nitrogens with zero attached hydrogens (tertiary/aromatic N) is 2. The van der Waals surface area contributed by atoms with Crippen molar-refractivity contribution in [3.63, 3.8) is 0 Å². The predicted octanol–water partition coefficient (Wildman–Crippen LogP) is 2.72. The molecule has 3 heterocycles. The van der Waals surface area contributed by atoms with Crippen LogP contribution in [0.25, 0.3) is 0 Å². The van der Waals surface area contributed by atoms with Gasteiger partial charge in [-0.05, 0) is 23.4 Å². The predicted molar refractivity (Wildman–Crippen MR) is 108 cm³/mol. The molecule has 1 aliphatic rings. The zero-order valence-corrected chi connectivity index (χ0v) is 16.2. The monoisotopic (exact) mass is 394 g/mol. The van der Waals surface area contributed by atoms with Gasteiger partial charge in [-0.1, -0.05) is 36.4 Å². The largest absolute Gasteiger partial charge is 0.354 e. The van der Waals surface area contributed by atoms with Gasteiger partial charge in [0.2, 0.25) is 5.91 Å². The first-order chi connectivity index (χ1) is 13.7. The SMILES string of the molecule is O=C(Cc1cccs1)NC[C@H]1CCc2ncc(C(=O)NCc3ccccc3)n21. The third kappa shape index (κ3) is 4.14. The lowest BCUT2D eigenvalue weighted by atomic mass is 10.2. The van der Waals surface area contributed by atoms with Gasteiger partial charge in [-0.15, -0.1) is 11.3 Å². The summed E-state index contributed by atoms with van der Waals surface area (Å²) in [5.41, 5.74) is 1.61. The van der Waals surface area contributed by atoms with E-state index in [0.29, 0.717) is 25.2 Å². The summed E-state index contributed by atoms with van der Waals surface area (Å²) in [7, 11) is 0. The number of aromatic nitrogens is 2. The second-order valence-corrected chi connectivity index (χ2v) is 7.88. The molecule has 0 fully saturated rings. The number of aryl methyl sites for hydroxylation is 1. The molecule has 1 atom stereocenters. The highest BCUT2D eigenvalue weighted by molar-refractivity contribution is 7.10. The fourth-order valence-corrected chi connectivity index (χ4v) is 4.22. The van der Waals surface area contributed by atoms with Crippen LogP contribution in [0.2, 0.25) is 0 Å². The number of benzene rings is 1. The maximum atomic E-state index is 12.7. The zero-order valence-electron chi connectivity index (χ0n) is 15.4. The molecule has 0 unspecified atom stereocenters. The molecule has 2 aromatic heterocycles. The number of imidazole rings is 1. The van der Waals surface area contributed by atoms with Crippen LogP contribution in [-0.4, -0.2) is 27.9 Å². The summed E-state index contributed by atoms with van der Waals surface area (Å²) in [5.74, 6) is 0.771. The van der Waals surface area contributed by atoms with Gasteiger partial charge in [0, 0.05) is 24.4 Å². The van der Waals surface area contributed by atoms with Crippen molar-refractivity contribution in [1.82, 2.24) is 20.2 Å². The zero-order chi connectivity index (χ0) is 19.3. The summed E-state index contributed by atoms with van der Waals surface area (Å²) in [6.07, 6.45) is 3.72. The number of rotatable bonds is 7. The molecule has 0 bridgehead atoms. The van der Waals surface area contributed by atoms with Crippen LogP contribution in [0.15, 0.2) is 54.0 Å². The Morgan fingerprint density at radius 2 is 2.00 bits per heavy atom. The van der Waals surface area contributed by atoms with E-state index >= 15 is 0 Å². The van der Waals surface area contributed by atoms with Crippen molar-refractivity contribution in [3.8, 4) is 0 Å². The molecule has 144 valence electrons. The number of amides is 2. The Hall–Kier alpha value is -2.93. The molecular weight excluding hydrogens is 372 g/mol. The van der Waals surface area contributed by atoms with Crippen molar-refractivity contribution >= 4 is 23.2 Å². The summed E-state index contributed by atoms with van der Waals surface area (Å²) in [5, 5.41) is 7.94. The molecule has 4 rings (SSSR count). The van der Waals surface area contributed by atoms with Crippen LogP contribution < -0.4 is 10.6 Å². The maximum absolute atomic E-state index is 12.7. The molecule has 28 heavy (non-hydrogen) atoms. The molecule has 0 saturated heterocycles. The summed E-state index contributed by atoms with van der Waals surface area (Å²) in [6, 6.07) is 13.8. The smallest absolute Gasteiger partial charge is 0.269 e. The number of fused-ring (bicyclic) bond motifs is 1. The van der Waals surface area contributed by atoms with Crippen LogP contribution in [0.4, 0.5) is 0 Å². The fourth-order valence-electron chi connectivity index (χ4n) is 3.51. The van der Waals surface area contributed by atoms with E-state index in [9.17, 15) is 9.59 Å². The molecule has 3 aromatic rings. The Bertz CT molecular complexity index is 950. The number of hydrogen-bond acceptors (Lipinski definition) is 4. The van der Waals surface area contributed by atoms with Gasteiger partial charge >= 0.3 is 0 Å². The van der Waals surface area contributed by atoms with Gasteiger partial charge in [0.1, 0.15) is 11.5 Å². The Labute approximate surface area is 167 Å². The van der Waals surface area contributed by atoms with Gasteiger partial charge in [-0.25, -0.2) is 4.98 Å². The highest BCUT2D eigenvalue weighted by Crippen LogP contribution is 2.27. The van der Waals surface area contributed by atoms with Crippen molar-refractivity contribution in [2.24, 2.45) is 0 Å². The topological polar surface area (TPSA) is 76.0 Å². The van der Waals surface area contributed by atoms with Gasteiger partial charge in [-0.2, -0.15) is 0 Å². The standard InChI is InChI=1S/C21H22N4O2S/c26-20(11-17-7-4-10-28-17)23-13-16-8-9-19-22-14-18(25(16)19)21(27)24-12-15-5-2-1-3-6-15/h1-7,10,14,16H,8-9,11-13H2,(H,23,26)(H,24,27)/t16-/m1/s1. The van der Waals surface area contributed by atoms with E-state index in [-0.39, 0.29) is 17.9 Å². The minimum Gasteiger partial charge on any atom is -0.354 e. The molecule has 0 saturated carbocycles. The second kappa shape index (κ2) is 8.39. The van der Waals surface area contributed by atoms with Gasteiger partial charge < -0.3 is 15.2 Å². The Balaban J connectivity index is 1.37. The van der Waals surface area contributed by atoms with E-state index < -0.39 is 0 Å². The lowest BCUT2D eigenvalue weighted by Gasteiger charge is -2.17. The van der Waals surface area contributed by atoms with E-state index in [0.717, 1.165) is 29.1 Å². The molecule has 7 heteroatoms. The maximum Gasteiger partial charge on any atom is 0.269 e. The number of carbonyl (C=O) groups is 2. The van der Waals surface area contributed by atoms with Crippen LogP contribution in [0, 0.1) is 0 Å².